The lowest BCUT2D eigenvalue weighted by atomic mass is 10.1. The number of hydrogen-bond acceptors (Lipinski definition) is 2. The van der Waals surface area contributed by atoms with Crippen molar-refractivity contribution in [2.75, 3.05) is 13.2 Å². The molecule has 5 heteroatoms. The van der Waals surface area contributed by atoms with Crippen molar-refractivity contribution < 1.29 is 9.53 Å². The summed E-state index contributed by atoms with van der Waals surface area (Å²) in [5.74, 6) is 0.590. The van der Waals surface area contributed by atoms with Crippen LogP contribution in [0.5, 0.6) is 5.75 Å². The highest BCUT2D eigenvalue weighted by Gasteiger charge is 2.08. The van der Waals surface area contributed by atoms with E-state index in [0.717, 1.165) is 16.5 Å². The zero-order valence-electron chi connectivity index (χ0n) is 12.8. The number of carbonyl (C=O) groups excluding carboxylic acids is 1. The minimum atomic E-state index is -0.213. The van der Waals surface area contributed by atoms with Crippen LogP contribution in [0.1, 0.15) is 10.4 Å². The largest absolute Gasteiger partial charge is 0.491 e. The average molecular weight is 360 g/mol. The van der Waals surface area contributed by atoms with Gasteiger partial charge in [-0.05, 0) is 29.7 Å². The number of ether oxygens (including phenoxy) is 1. The standard InChI is InChI=1S/C19H15Cl2NO2/c20-16-9-8-14(12-17(16)21)19(23)22-10-11-24-18-7-3-5-13-4-1-2-6-15(13)18/h1-9,12H,10-11H2,(H,22,23). The van der Waals surface area contributed by atoms with Crippen molar-refractivity contribution in [1.29, 1.82) is 0 Å². The molecule has 0 heterocycles. The minimum Gasteiger partial charge on any atom is -0.491 e. The van der Waals surface area contributed by atoms with E-state index in [0.29, 0.717) is 28.8 Å². The molecule has 0 saturated carbocycles. The van der Waals surface area contributed by atoms with Crippen LogP contribution in [0.2, 0.25) is 10.0 Å². The maximum Gasteiger partial charge on any atom is 0.251 e. The number of benzene rings is 3. The summed E-state index contributed by atoms with van der Waals surface area (Å²) in [6.45, 7) is 0.767. The Morgan fingerprint density at radius 1 is 0.958 bits per heavy atom. The summed E-state index contributed by atoms with van der Waals surface area (Å²) >= 11 is 11.8. The van der Waals surface area contributed by atoms with Gasteiger partial charge in [0.1, 0.15) is 12.4 Å². The van der Waals surface area contributed by atoms with Crippen LogP contribution in [0.3, 0.4) is 0 Å². The maximum atomic E-state index is 12.1. The topological polar surface area (TPSA) is 38.3 Å². The Morgan fingerprint density at radius 3 is 2.58 bits per heavy atom. The molecule has 0 aliphatic carbocycles. The summed E-state index contributed by atoms with van der Waals surface area (Å²) in [6.07, 6.45) is 0. The lowest BCUT2D eigenvalue weighted by molar-refractivity contribution is 0.0947. The van der Waals surface area contributed by atoms with Crippen LogP contribution in [0.15, 0.2) is 60.7 Å². The van der Waals surface area contributed by atoms with Gasteiger partial charge in [0.15, 0.2) is 0 Å². The number of carbonyl (C=O) groups is 1. The summed E-state index contributed by atoms with van der Waals surface area (Å²) < 4.78 is 5.79. The molecule has 0 unspecified atom stereocenters. The fourth-order valence-corrected chi connectivity index (χ4v) is 2.68. The number of hydrogen-bond donors (Lipinski definition) is 1. The Hall–Kier alpha value is -2.23. The third-order valence-electron chi connectivity index (χ3n) is 3.58. The Labute approximate surface area is 150 Å². The maximum absolute atomic E-state index is 12.1. The molecule has 0 saturated heterocycles. The first kappa shape index (κ1) is 16.6. The van der Waals surface area contributed by atoms with Crippen LogP contribution in [0, 0.1) is 0 Å². The SMILES string of the molecule is O=C(NCCOc1cccc2ccccc12)c1ccc(Cl)c(Cl)c1. The van der Waals surface area contributed by atoms with Gasteiger partial charge in [0.05, 0.1) is 16.6 Å². The van der Waals surface area contributed by atoms with Gasteiger partial charge in [-0.25, -0.2) is 0 Å². The van der Waals surface area contributed by atoms with Crippen LogP contribution in [-0.2, 0) is 0 Å². The van der Waals surface area contributed by atoms with Crippen molar-refractivity contribution in [3.8, 4) is 5.75 Å². The second kappa shape index (κ2) is 7.56. The first-order valence-corrected chi connectivity index (χ1v) is 8.24. The van der Waals surface area contributed by atoms with Gasteiger partial charge in [-0.15, -0.1) is 0 Å². The molecule has 0 radical (unpaired) electrons. The lowest BCUT2D eigenvalue weighted by Crippen LogP contribution is -2.28. The molecular weight excluding hydrogens is 345 g/mol. The first-order valence-electron chi connectivity index (χ1n) is 7.49. The van der Waals surface area contributed by atoms with Crippen LogP contribution in [0.25, 0.3) is 10.8 Å². The summed E-state index contributed by atoms with van der Waals surface area (Å²) in [4.78, 5) is 12.1. The Bertz CT molecular complexity index is 875. The van der Waals surface area contributed by atoms with Crippen molar-refractivity contribution in [3.05, 3.63) is 76.3 Å². The lowest BCUT2D eigenvalue weighted by Gasteiger charge is -2.10. The molecule has 0 fully saturated rings. The monoisotopic (exact) mass is 359 g/mol. The van der Waals surface area contributed by atoms with E-state index in [1.54, 1.807) is 18.2 Å². The molecule has 24 heavy (non-hydrogen) atoms. The van der Waals surface area contributed by atoms with E-state index in [1.165, 1.54) is 0 Å². The predicted molar refractivity (Wildman–Crippen MR) is 98.2 cm³/mol. The van der Waals surface area contributed by atoms with Gasteiger partial charge in [-0.2, -0.15) is 0 Å². The van der Waals surface area contributed by atoms with E-state index in [-0.39, 0.29) is 5.91 Å². The molecule has 0 spiro atoms. The number of amides is 1. The summed E-state index contributed by atoms with van der Waals surface area (Å²) in [5.41, 5.74) is 0.467. The van der Waals surface area contributed by atoms with Crippen molar-refractivity contribution >= 4 is 39.9 Å². The van der Waals surface area contributed by atoms with Crippen molar-refractivity contribution in [1.82, 2.24) is 5.32 Å². The molecule has 3 aromatic rings. The van der Waals surface area contributed by atoms with E-state index < -0.39 is 0 Å². The van der Waals surface area contributed by atoms with Crippen LogP contribution >= 0.6 is 23.2 Å². The molecule has 0 bridgehead atoms. The van der Waals surface area contributed by atoms with Crippen LogP contribution < -0.4 is 10.1 Å². The third kappa shape index (κ3) is 3.81. The van der Waals surface area contributed by atoms with Gasteiger partial charge in [0, 0.05) is 10.9 Å². The van der Waals surface area contributed by atoms with Gasteiger partial charge in [0.25, 0.3) is 5.91 Å². The third-order valence-corrected chi connectivity index (χ3v) is 4.32. The zero-order chi connectivity index (χ0) is 16.9. The molecule has 3 nitrogen and oxygen atoms in total. The quantitative estimate of drug-likeness (QED) is 0.654. The number of fused-ring (bicyclic) bond motifs is 1. The van der Waals surface area contributed by atoms with Crippen molar-refractivity contribution in [2.24, 2.45) is 0 Å². The van der Waals surface area contributed by atoms with Gasteiger partial charge in [-0.3, -0.25) is 4.79 Å². The Morgan fingerprint density at radius 2 is 1.75 bits per heavy atom. The molecular formula is C19H15Cl2NO2. The molecule has 0 aromatic heterocycles. The van der Waals surface area contributed by atoms with Crippen molar-refractivity contribution in [3.63, 3.8) is 0 Å². The first-order chi connectivity index (χ1) is 11.6. The molecule has 0 aliphatic rings. The Balaban J connectivity index is 1.56. The molecule has 3 aromatic carbocycles. The summed E-state index contributed by atoms with van der Waals surface area (Å²) in [6, 6.07) is 18.7. The van der Waals surface area contributed by atoms with E-state index in [9.17, 15) is 4.79 Å². The van der Waals surface area contributed by atoms with Crippen LogP contribution in [-0.4, -0.2) is 19.1 Å². The second-order valence-electron chi connectivity index (χ2n) is 5.21. The van der Waals surface area contributed by atoms with E-state index in [2.05, 4.69) is 5.32 Å². The number of nitrogens with one attached hydrogen (secondary N) is 1. The highest BCUT2D eigenvalue weighted by molar-refractivity contribution is 6.42. The molecule has 3 rings (SSSR count). The fourth-order valence-electron chi connectivity index (χ4n) is 2.39. The van der Waals surface area contributed by atoms with Crippen molar-refractivity contribution in [2.45, 2.75) is 0 Å². The fraction of sp³-hybridized carbons (Fsp3) is 0.105. The van der Waals surface area contributed by atoms with E-state index in [4.69, 9.17) is 27.9 Å². The molecule has 1 N–H and O–H groups in total. The van der Waals surface area contributed by atoms with Gasteiger partial charge in [0.2, 0.25) is 0 Å². The number of rotatable bonds is 5. The highest BCUT2D eigenvalue weighted by Crippen LogP contribution is 2.25. The van der Waals surface area contributed by atoms with Crippen LogP contribution in [0.4, 0.5) is 0 Å². The second-order valence-corrected chi connectivity index (χ2v) is 6.02. The summed E-state index contributed by atoms with van der Waals surface area (Å²) in [5, 5.41) is 5.75. The predicted octanol–water partition coefficient (Wildman–Crippen LogP) is 4.96. The van der Waals surface area contributed by atoms with Gasteiger partial charge in [-0.1, -0.05) is 59.6 Å². The van der Waals surface area contributed by atoms with E-state index >= 15 is 0 Å². The smallest absolute Gasteiger partial charge is 0.251 e. The minimum absolute atomic E-state index is 0.213. The van der Waals surface area contributed by atoms with Gasteiger partial charge >= 0.3 is 0 Å². The molecule has 0 atom stereocenters. The number of halogens is 2. The molecule has 0 aliphatic heterocycles. The van der Waals surface area contributed by atoms with E-state index in [1.807, 2.05) is 42.5 Å². The average Bonchev–Trinajstić information content (AvgIpc) is 2.61. The summed E-state index contributed by atoms with van der Waals surface area (Å²) in [7, 11) is 0. The Kier molecular flexibility index (Phi) is 5.24. The zero-order valence-corrected chi connectivity index (χ0v) is 14.3. The highest BCUT2D eigenvalue weighted by atomic mass is 35.5. The molecule has 122 valence electrons. The van der Waals surface area contributed by atoms with Gasteiger partial charge < -0.3 is 10.1 Å². The molecule has 1 amide bonds. The normalized spacial score (nSPS) is 10.6.